The van der Waals surface area contributed by atoms with E-state index in [-0.39, 0.29) is 24.0 Å². The molecule has 0 spiro atoms. The number of rotatable bonds is 11. The number of anilines is 1. The third-order valence-electron chi connectivity index (χ3n) is 6.56. The summed E-state index contributed by atoms with van der Waals surface area (Å²) in [5.41, 5.74) is 2.46. The lowest BCUT2D eigenvalue weighted by Crippen LogP contribution is -2.46. The van der Waals surface area contributed by atoms with Crippen LogP contribution in [-0.4, -0.2) is 46.8 Å². The number of carboxylic acid groups (broad SMARTS) is 1. The van der Waals surface area contributed by atoms with E-state index in [4.69, 9.17) is 9.72 Å². The normalized spacial score (nSPS) is 23.6. The average Bonchev–Trinajstić information content (AvgIpc) is 2.76. The smallest absolute Gasteiger partial charge is 0.326 e. The number of carbonyl (C=O) groups excluding carboxylic acids is 1. The van der Waals surface area contributed by atoms with Crippen LogP contribution in [0.3, 0.4) is 0 Å². The topological polar surface area (TPSA) is 101 Å². The molecule has 0 aromatic carbocycles. The number of nitrogens with one attached hydrogen (secondary N) is 2. The fourth-order valence-corrected chi connectivity index (χ4v) is 4.86. The summed E-state index contributed by atoms with van der Waals surface area (Å²) < 4.78 is 5.68. The molecule has 1 aromatic rings. The van der Waals surface area contributed by atoms with Crippen LogP contribution in [0.25, 0.3) is 0 Å². The Morgan fingerprint density at radius 3 is 2.62 bits per heavy atom. The van der Waals surface area contributed by atoms with Gasteiger partial charge in [-0.2, -0.15) is 0 Å². The monoisotopic (exact) mass is 445 g/mol. The second kappa shape index (κ2) is 12.2. The van der Waals surface area contributed by atoms with E-state index in [1.54, 1.807) is 0 Å². The van der Waals surface area contributed by atoms with Crippen molar-refractivity contribution in [2.75, 3.05) is 11.9 Å². The number of carboxylic acids is 1. The van der Waals surface area contributed by atoms with Crippen LogP contribution < -0.4 is 10.6 Å². The lowest BCUT2D eigenvalue weighted by Gasteiger charge is -2.31. The fourth-order valence-electron chi connectivity index (χ4n) is 4.86. The fraction of sp³-hybridized carbons (Fsp3) is 0.720. The number of ether oxygens (including phenoxy) is 1. The Balaban J connectivity index is 1.31. The zero-order valence-corrected chi connectivity index (χ0v) is 19.6. The maximum atomic E-state index is 12.6. The Morgan fingerprint density at radius 1 is 1.16 bits per heavy atom. The van der Waals surface area contributed by atoms with Crippen LogP contribution in [0.5, 0.6) is 0 Å². The molecule has 1 saturated heterocycles. The predicted octanol–water partition coefficient (Wildman–Crippen LogP) is 4.10. The number of aryl methyl sites for hydroxylation is 2. The van der Waals surface area contributed by atoms with Crippen LogP contribution in [0.15, 0.2) is 12.1 Å². The summed E-state index contributed by atoms with van der Waals surface area (Å²) in [5.74, 6) is -0.201. The van der Waals surface area contributed by atoms with Gasteiger partial charge in [0, 0.05) is 18.2 Å². The van der Waals surface area contributed by atoms with Crippen molar-refractivity contribution in [1.82, 2.24) is 10.3 Å². The first-order chi connectivity index (χ1) is 15.4. The average molecular weight is 446 g/mol. The zero-order valence-electron chi connectivity index (χ0n) is 19.6. The second-order valence-electron chi connectivity index (χ2n) is 9.47. The number of nitrogens with zero attached hydrogens (tertiary/aromatic N) is 1. The van der Waals surface area contributed by atoms with Gasteiger partial charge in [-0.1, -0.05) is 31.7 Å². The molecule has 3 N–H and O–H groups in total. The number of hydrogen-bond acceptors (Lipinski definition) is 5. The lowest BCUT2D eigenvalue weighted by atomic mass is 9.91. The van der Waals surface area contributed by atoms with Gasteiger partial charge >= 0.3 is 5.97 Å². The summed E-state index contributed by atoms with van der Waals surface area (Å²) in [6, 6.07) is 3.54. The Kier molecular flexibility index (Phi) is 9.33. The quantitative estimate of drug-likeness (QED) is 0.444. The maximum Gasteiger partial charge on any atom is 0.326 e. The summed E-state index contributed by atoms with van der Waals surface area (Å²) >= 11 is 0. The molecule has 1 aromatic heterocycles. The predicted molar refractivity (Wildman–Crippen MR) is 125 cm³/mol. The molecule has 3 heterocycles. The van der Waals surface area contributed by atoms with E-state index >= 15 is 0 Å². The van der Waals surface area contributed by atoms with Crippen molar-refractivity contribution in [1.29, 1.82) is 0 Å². The number of aliphatic carboxylic acids is 1. The molecule has 178 valence electrons. The molecule has 2 aliphatic heterocycles. The van der Waals surface area contributed by atoms with Crippen LogP contribution in [-0.2, 0) is 27.2 Å². The minimum absolute atomic E-state index is 0.0329. The molecule has 7 nitrogen and oxygen atoms in total. The zero-order chi connectivity index (χ0) is 22.9. The molecule has 0 radical (unpaired) electrons. The molecular formula is C25H39N3O4. The molecule has 32 heavy (non-hydrogen) atoms. The first-order valence-corrected chi connectivity index (χ1v) is 12.3. The highest BCUT2D eigenvalue weighted by Crippen LogP contribution is 2.25. The number of carbonyl (C=O) groups is 2. The van der Waals surface area contributed by atoms with Gasteiger partial charge in [-0.15, -0.1) is 0 Å². The van der Waals surface area contributed by atoms with Crippen LogP contribution in [0.2, 0.25) is 0 Å². The van der Waals surface area contributed by atoms with Gasteiger partial charge in [0.25, 0.3) is 0 Å². The third kappa shape index (κ3) is 7.47. The molecule has 2 aliphatic rings. The molecule has 3 rings (SSSR count). The van der Waals surface area contributed by atoms with E-state index in [1.807, 2.05) is 13.8 Å². The highest BCUT2D eigenvalue weighted by molar-refractivity contribution is 5.85. The third-order valence-corrected chi connectivity index (χ3v) is 6.56. The van der Waals surface area contributed by atoms with Gasteiger partial charge in [-0.05, 0) is 70.4 Å². The molecule has 1 amide bonds. The van der Waals surface area contributed by atoms with Gasteiger partial charge in [0.2, 0.25) is 5.91 Å². The van der Waals surface area contributed by atoms with Gasteiger partial charge < -0.3 is 20.5 Å². The van der Waals surface area contributed by atoms with E-state index < -0.39 is 12.0 Å². The molecule has 0 bridgehead atoms. The largest absolute Gasteiger partial charge is 0.480 e. The van der Waals surface area contributed by atoms with E-state index in [9.17, 15) is 14.7 Å². The van der Waals surface area contributed by atoms with Crippen LogP contribution in [0, 0.1) is 5.92 Å². The summed E-state index contributed by atoms with van der Waals surface area (Å²) in [5, 5.41) is 15.7. The molecule has 1 fully saturated rings. The number of amides is 1. The van der Waals surface area contributed by atoms with Gasteiger partial charge in [0.05, 0.1) is 12.2 Å². The summed E-state index contributed by atoms with van der Waals surface area (Å²) in [4.78, 5) is 28.9. The van der Waals surface area contributed by atoms with Gasteiger partial charge in [0.1, 0.15) is 11.9 Å². The highest BCUT2D eigenvalue weighted by atomic mass is 16.5. The lowest BCUT2D eigenvalue weighted by molar-refractivity contribution is -0.144. The number of pyridine rings is 1. The van der Waals surface area contributed by atoms with Crippen LogP contribution >= 0.6 is 0 Å². The van der Waals surface area contributed by atoms with Gasteiger partial charge in [-0.25, -0.2) is 9.78 Å². The molecular weight excluding hydrogens is 406 g/mol. The van der Waals surface area contributed by atoms with Crippen molar-refractivity contribution in [2.24, 2.45) is 5.92 Å². The number of fused-ring (bicyclic) bond motifs is 1. The first kappa shape index (κ1) is 24.5. The molecule has 2 unspecified atom stereocenters. The Hall–Kier alpha value is -2.15. The molecule has 4 atom stereocenters. The van der Waals surface area contributed by atoms with Crippen molar-refractivity contribution >= 4 is 17.7 Å². The van der Waals surface area contributed by atoms with Gasteiger partial charge in [-0.3, -0.25) is 4.79 Å². The van der Waals surface area contributed by atoms with Crippen molar-refractivity contribution in [3.05, 3.63) is 23.4 Å². The summed E-state index contributed by atoms with van der Waals surface area (Å²) in [6.07, 6.45) is 10.2. The molecule has 0 saturated carbocycles. The van der Waals surface area contributed by atoms with E-state index in [0.717, 1.165) is 63.0 Å². The Bertz CT molecular complexity index is 760. The summed E-state index contributed by atoms with van der Waals surface area (Å²) in [6.45, 7) is 4.93. The van der Waals surface area contributed by atoms with E-state index in [1.165, 1.54) is 12.0 Å². The van der Waals surface area contributed by atoms with E-state index in [0.29, 0.717) is 19.3 Å². The Morgan fingerprint density at radius 2 is 1.88 bits per heavy atom. The van der Waals surface area contributed by atoms with Crippen molar-refractivity contribution in [3.8, 4) is 0 Å². The van der Waals surface area contributed by atoms with Crippen molar-refractivity contribution in [2.45, 2.75) is 103 Å². The van der Waals surface area contributed by atoms with Gasteiger partial charge in [0.15, 0.2) is 0 Å². The SMILES string of the molecule is C[C@@H]1CC(C(=O)NC(CCCCCCCc2ccc3c(n2)NCCC3)C(=O)O)C[C@H](C)O1. The number of hydrogen-bond donors (Lipinski definition) is 3. The minimum atomic E-state index is -0.946. The molecule has 7 heteroatoms. The first-order valence-electron chi connectivity index (χ1n) is 12.3. The Labute approximate surface area is 191 Å². The standard InChI is InChI=1S/C25H39N3O4/c1-17-15-20(16-18(2)32-17)24(29)28-22(25(30)31)11-7-5-3-4-6-10-21-13-12-19-9-8-14-26-23(19)27-21/h12-13,17-18,20,22H,3-11,14-16H2,1-2H3,(H,26,27)(H,28,29)(H,30,31)/t17-,18+,20?,22?. The highest BCUT2D eigenvalue weighted by Gasteiger charge is 2.31. The summed E-state index contributed by atoms with van der Waals surface area (Å²) in [7, 11) is 0. The van der Waals surface area contributed by atoms with Crippen molar-refractivity contribution in [3.63, 3.8) is 0 Å². The number of unbranched alkanes of at least 4 members (excludes halogenated alkanes) is 4. The maximum absolute atomic E-state index is 12.6. The van der Waals surface area contributed by atoms with Crippen molar-refractivity contribution < 1.29 is 19.4 Å². The minimum Gasteiger partial charge on any atom is -0.480 e. The van der Waals surface area contributed by atoms with Crippen LogP contribution in [0.1, 0.15) is 82.9 Å². The number of aromatic nitrogens is 1. The molecule has 0 aliphatic carbocycles. The second-order valence-corrected chi connectivity index (χ2v) is 9.47. The van der Waals surface area contributed by atoms with Crippen LogP contribution in [0.4, 0.5) is 5.82 Å². The van der Waals surface area contributed by atoms with E-state index in [2.05, 4.69) is 22.8 Å².